The van der Waals surface area contributed by atoms with Crippen molar-refractivity contribution in [2.45, 2.75) is 13.2 Å². The fourth-order valence-electron chi connectivity index (χ4n) is 9.79. The molecule has 2 aromatic carbocycles. The molecule has 364 valence electrons. The van der Waals surface area contributed by atoms with E-state index in [-0.39, 0.29) is 13.2 Å². The summed E-state index contributed by atoms with van der Waals surface area (Å²) in [6, 6.07) is 36.2. The van der Waals surface area contributed by atoms with Crippen molar-refractivity contribution >= 4 is 68.3 Å². The Labute approximate surface area is 428 Å². The van der Waals surface area contributed by atoms with Crippen molar-refractivity contribution in [3.05, 3.63) is 198 Å². The molecule has 0 saturated heterocycles. The summed E-state index contributed by atoms with van der Waals surface area (Å²) in [6.07, 6.45) is 24.2. The maximum absolute atomic E-state index is 12.1. The van der Waals surface area contributed by atoms with E-state index >= 15 is 0 Å². The van der Waals surface area contributed by atoms with Gasteiger partial charge in [0, 0.05) is 97.6 Å². The minimum atomic E-state index is -0.471. The SMILES string of the molecule is C[n+]1ccc(-c2c3nc(c(-c4cc[n+](C)cc4)c4ccc([nH]4)c(-c4cc[n+](C)cc4)c4nc(c(-c5ccc(OCc6cn(CCOc7c8occc8cc8ccc(=O)oc78)nn6)cc5)c5ccc2[nH]5)C=C4)C=C3)cc1. The van der Waals surface area contributed by atoms with Crippen LogP contribution in [0.3, 0.4) is 0 Å². The van der Waals surface area contributed by atoms with E-state index in [4.69, 9.17) is 28.3 Å². The highest BCUT2D eigenvalue weighted by Gasteiger charge is 2.21. The van der Waals surface area contributed by atoms with E-state index in [9.17, 15) is 4.79 Å². The van der Waals surface area contributed by atoms with Crippen LogP contribution in [0.4, 0.5) is 0 Å². The number of nitrogens with zero attached hydrogens (tertiary/aromatic N) is 8. The molecule has 0 unspecified atom stereocenters. The van der Waals surface area contributed by atoms with Crippen LogP contribution < -0.4 is 28.8 Å². The zero-order valence-electron chi connectivity index (χ0n) is 41.1. The van der Waals surface area contributed by atoms with E-state index in [1.54, 1.807) is 17.0 Å². The molecular formula is C60H47N10O5+3. The van der Waals surface area contributed by atoms with Crippen molar-refractivity contribution in [2.24, 2.45) is 21.1 Å². The molecule has 0 atom stereocenters. The number of furan rings is 1. The highest BCUT2D eigenvalue weighted by atomic mass is 16.5. The number of hydrogen-bond acceptors (Lipinski definition) is 9. The molecule has 0 aliphatic carbocycles. The second kappa shape index (κ2) is 18.5. The minimum Gasteiger partial charge on any atom is -0.487 e. The summed E-state index contributed by atoms with van der Waals surface area (Å²) in [7, 11) is 6.06. The third-order valence-electron chi connectivity index (χ3n) is 13.5. The first-order valence-electron chi connectivity index (χ1n) is 24.5. The lowest BCUT2D eigenvalue weighted by Crippen LogP contribution is -2.25. The largest absolute Gasteiger partial charge is 0.487 e. The van der Waals surface area contributed by atoms with Crippen LogP contribution in [0, 0.1) is 0 Å². The van der Waals surface area contributed by atoms with Gasteiger partial charge in [-0.1, -0.05) is 17.3 Å². The minimum absolute atomic E-state index is 0.194. The molecule has 13 rings (SSSR count). The Morgan fingerprint density at radius 1 is 0.547 bits per heavy atom. The van der Waals surface area contributed by atoms with Crippen LogP contribution in [-0.4, -0.2) is 41.5 Å². The van der Waals surface area contributed by atoms with Gasteiger partial charge in [0.15, 0.2) is 48.3 Å². The third-order valence-corrected chi connectivity index (χ3v) is 13.5. The number of H-pyrrole nitrogens is 2. The van der Waals surface area contributed by atoms with Gasteiger partial charge in [0.25, 0.3) is 0 Å². The highest BCUT2D eigenvalue weighted by Crippen LogP contribution is 2.39. The monoisotopic (exact) mass is 987 g/mol. The van der Waals surface area contributed by atoms with Crippen molar-refractivity contribution in [1.29, 1.82) is 0 Å². The molecule has 0 spiro atoms. The molecule has 8 bridgehead atoms. The van der Waals surface area contributed by atoms with Crippen LogP contribution >= 0.6 is 0 Å². The summed E-state index contributed by atoms with van der Waals surface area (Å²) >= 11 is 0. The number of aromatic nitrogens is 10. The third kappa shape index (κ3) is 8.61. The van der Waals surface area contributed by atoms with E-state index in [2.05, 4.69) is 155 Å². The van der Waals surface area contributed by atoms with E-state index in [1.165, 1.54) is 6.07 Å². The Balaban J connectivity index is 0.876. The van der Waals surface area contributed by atoms with Gasteiger partial charge < -0.3 is 28.3 Å². The zero-order valence-corrected chi connectivity index (χ0v) is 41.1. The average Bonchev–Trinajstić information content (AvgIpc) is 4.30. The summed E-state index contributed by atoms with van der Waals surface area (Å²) in [5, 5.41) is 10.2. The molecule has 0 radical (unpaired) electrons. The standard InChI is InChI=1S/C60H46N10O5/c1-67-25-18-38(19-26-67)55-47-11-9-45(61-47)54(37-4-7-44(8-5-37)74-36-43-35-70(66-65-43)31-33-73-60-58-42(24-32-72-58)34-41-6-17-53(71)75-59(41)60)46-10-12-48(62-46)56(39-20-27-68(2)28-21-39)50-14-16-52(64-50)57(51-15-13-49(55)63-51)40-22-29-69(3)30-23-40/h4-30,32,34-35H,31,33,36H2,1-3H3,(H,61,62,63,64)/q+2/p+1. The van der Waals surface area contributed by atoms with Crippen LogP contribution in [0.15, 0.2) is 172 Å². The lowest BCUT2D eigenvalue weighted by Gasteiger charge is -2.09. The lowest BCUT2D eigenvalue weighted by molar-refractivity contribution is -0.671. The number of benzene rings is 2. The summed E-state index contributed by atoms with van der Waals surface area (Å²) in [5.74, 6) is 1.03. The predicted molar refractivity (Wildman–Crippen MR) is 286 cm³/mol. The van der Waals surface area contributed by atoms with Crippen molar-refractivity contribution in [1.82, 2.24) is 34.9 Å². The van der Waals surface area contributed by atoms with Gasteiger partial charge in [0.2, 0.25) is 5.75 Å². The van der Waals surface area contributed by atoms with Crippen LogP contribution in [-0.2, 0) is 34.3 Å². The van der Waals surface area contributed by atoms with E-state index in [1.807, 2.05) is 65.3 Å². The molecule has 15 nitrogen and oxygen atoms in total. The number of pyridine rings is 3. The van der Waals surface area contributed by atoms with Crippen molar-refractivity contribution in [3.63, 3.8) is 0 Å². The first-order chi connectivity index (χ1) is 36.7. The van der Waals surface area contributed by atoms with Crippen molar-refractivity contribution in [2.75, 3.05) is 6.61 Å². The topological polar surface area (TPSA) is 162 Å². The Morgan fingerprint density at radius 2 is 1.03 bits per heavy atom. The highest BCUT2D eigenvalue weighted by molar-refractivity contribution is 6.01. The van der Waals surface area contributed by atoms with Crippen LogP contribution in [0.25, 0.3) is 113 Å². The Bertz CT molecular complexity index is 4270. The molecule has 0 amide bonds. The Morgan fingerprint density at radius 3 is 1.53 bits per heavy atom. The number of fused-ring (bicyclic) bond motifs is 10. The molecule has 75 heavy (non-hydrogen) atoms. The van der Waals surface area contributed by atoms with Crippen LogP contribution in [0.1, 0.15) is 28.5 Å². The molecule has 15 heteroatoms. The summed E-state index contributed by atoms with van der Waals surface area (Å²) < 4.78 is 31.4. The van der Waals surface area contributed by atoms with Crippen molar-refractivity contribution in [3.8, 4) is 56.0 Å². The summed E-state index contributed by atoms with van der Waals surface area (Å²) in [5.41, 5.74) is 15.9. The molecule has 2 aliphatic rings. The zero-order chi connectivity index (χ0) is 50.6. The molecule has 2 N–H and O–H groups in total. The molecule has 11 aromatic rings. The van der Waals surface area contributed by atoms with Crippen molar-refractivity contribution < 1.29 is 32.0 Å². The molecular weight excluding hydrogens is 941 g/mol. The first kappa shape index (κ1) is 44.9. The molecule has 11 heterocycles. The average molecular weight is 988 g/mol. The maximum atomic E-state index is 12.1. The summed E-state index contributed by atoms with van der Waals surface area (Å²) in [4.78, 5) is 30.7. The Hall–Kier alpha value is -10.0. The van der Waals surface area contributed by atoms with Crippen LogP contribution in [0.2, 0.25) is 0 Å². The van der Waals surface area contributed by atoms with Gasteiger partial charge in [-0.25, -0.2) is 33.1 Å². The quantitative estimate of drug-likeness (QED) is 0.0950. The fraction of sp³-hybridized carbons (Fsp3) is 0.100. The second-order valence-electron chi connectivity index (χ2n) is 18.6. The number of hydrogen-bond donors (Lipinski definition) is 2. The van der Waals surface area contributed by atoms with E-state index < -0.39 is 5.63 Å². The smallest absolute Gasteiger partial charge is 0.336 e. The van der Waals surface area contributed by atoms with E-state index in [0.717, 1.165) is 100 Å². The molecule has 0 saturated carbocycles. The molecule has 0 fully saturated rings. The normalized spacial score (nSPS) is 12.0. The van der Waals surface area contributed by atoms with Gasteiger partial charge in [-0.3, -0.25) is 0 Å². The van der Waals surface area contributed by atoms with Gasteiger partial charge in [0.1, 0.15) is 45.8 Å². The predicted octanol–water partition coefficient (Wildman–Crippen LogP) is 9.90. The second-order valence-corrected chi connectivity index (χ2v) is 18.6. The van der Waals surface area contributed by atoms with Gasteiger partial charge in [-0.2, -0.15) is 0 Å². The van der Waals surface area contributed by atoms with Gasteiger partial charge in [0.05, 0.1) is 41.8 Å². The fourth-order valence-corrected chi connectivity index (χ4v) is 9.79. The molecule has 9 aromatic heterocycles. The molecule has 2 aliphatic heterocycles. The van der Waals surface area contributed by atoms with Gasteiger partial charge in [-0.15, -0.1) is 5.10 Å². The number of aryl methyl sites for hydroxylation is 3. The Kier molecular flexibility index (Phi) is 11.1. The number of rotatable bonds is 11. The van der Waals surface area contributed by atoms with Crippen LogP contribution in [0.5, 0.6) is 11.5 Å². The van der Waals surface area contributed by atoms with Gasteiger partial charge >= 0.3 is 5.63 Å². The number of ether oxygens (including phenoxy) is 2. The van der Waals surface area contributed by atoms with Gasteiger partial charge in [-0.05, 0) is 101 Å². The van der Waals surface area contributed by atoms with E-state index in [0.29, 0.717) is 34.9 Å². The first-order valence-corrected chi connectivity index (χ1v) is 24.5. The number of aromatic amines is 2. The lowest BCUT2D eigenvalue weighted by atomic mass is 10.0. The maximum Gasteiger partial charge on any atom is 0.336 e. The number of nitrogens with one attached hydrogen (secondary N) is 2. The summed E-state index contributed by atoms with van der Waals surface area (Å²) in [6.45, 7) is 0.795.